The van der Waals surface area contributed by atoms with Crippen molar-refractivity contribution in [1.29, 1.82) is 0 Å². The Morgan fingerprint density at radius 3 is 1.97 bits per heavy atom. The minimum Gasteiger partial charge on any atom is -0.481 e. The van der Waals surface area contributed by atoms with Gasteiger partial charge in [0.15, 0.2) is 12.6 Å². The zero-order valence-corrected chi connectivity index (χ0v) is 32.7. The summed E-state index contributed by atoms with van der Waals surface area (Å²) < 4.78 is 29.6. The van der Waals surface area contributed by atoms with Gasteiger partial charge in [-0.3, -0.25) is 33.6 Å². The number of nitrogens with two attached hydrogens (primary N) is 1. The lowest BCUT2D eigenvalue weighted by atomic mass is 9.95. The Labute approximate surface area is 336 Å². The first-order valence-corrected chi connectivity index (χ1v) is 18.7. The molecule has 0 aromatic carbocycles. The number of amides is 5. The number of nitrogens with one attached hydrogen (secondary N) is 5. The molecule has 5 amide bonds. The van der Waals surface area contributed by atoms with E-state index in [1.807, 2.05) is 0 Å². The predicted octanol–water partition coefficient (Wildman–Crippen LogP) is -5.65. The predicted molar refractivity (Wildman–Crippen MR) is 192 cm³/mol. The van der Waals surface area contributed by atoms with Crippen molar-refractivity contribution >= 4 is 47.4 Å². The molecule has 0 spiro atoms. The highest BCUT2D eigenvalue weighted by Gasteiger charge is 2.56. The Morgan fingerprint density at radius 2 is 1.39 bits per heavy atom. The zero-order valence-electron chi connectivity index (χ0n) is 32.7. The Hall–Kier alpha value is -4.60. The van der Waals surface area contributed by atoms with Gasteiger partial charge in [-0.1, -0.05) is 0 Å². The number of aliphatic carboxylic acids is 3. The molecular formula is C34H54N6O19. The maximum Gasteiger partial charge on any atom is 0.326 e. The number of hydrogen-bond donors (Lipinski definition) is 12. The van der Waals surface area contributed by atoms with Crippen molar-refractivity contribution in [2.75, 3.05) is 13.2 Å². The minimum atomic E-state index is -1.68. The second-order valence-corrected chi connectivity index (χ2v) is 14.4. The van der Waals surface area contributed by atoms with Crippen molar-refractivity contribution in [3.05, 3.63) is 0 Å². The first-order valence-electron chi connectivity index (χ1n) is 18.7. The molecule has 0 aromatic heterocycles. The molecule has 25 nitrogen and oxygen atoms in total. The number of aliphatic hydroxyl groups excluding tert-OH is 3. The summed E-state index contributed by atoms with van der Waals surface area (Å²) in [5.74, 6) is -8.28. The van der Waals surface area contributed by atoms with Crippen LogP contribution in [-0.4, -0.2) is 183 Å². The van der Waals surface area contributed by atoms with Crippen LogP contribution in [0.1, 0.15) is 59.8 Å². The summed E-state index contributed by atoms with van der Waals surface area (Å²) in [6, 6.07) is -8.34. The lowest BCUT2D eigenvalue weighted by molar-refractivity contribution is -0.313. The molecular weight excluding hydrogens is 796 g/mol. The van der Waals surface area contributed by atoms with Gasteiger partial charge in [0.2, 0.25) is 29.5 Å². The number of carbonyl (C=O) groups excluding carboxylic acids is 5. The first-order chi connectivity index (χ1) is 27.6. The molecule has 15 atom stereocenters. The van der Waals surface area contributed by atoms with E-state index >= 15 is 0 Å². The fourth-order valence-electron chi connectivity index (χ4n) is 6.55. The second-order valence-electron chi connectivity index (χ2n) is 14.4. The third-order valence-corrected chi connectivity index (χ3v) is 9.69. The largest absolute Gasteiger partial charge is 0.481 e. The van der Waals surface area contributed by atoms with Crippen LogP contribution in [0.5, 0.6) is 0 Å². The van der Waals surface area contributed by atoms with Crippen LogP contribution in [0, 0.1) is 0 Å². The number of carboxylic acid groups (broad SMARTS) is 3. The van der Waals surface area contributed by atoms with Gasteiger partial charge in [-0.05, 0) is 39.5 Å². The molecule has 3 aliphatic rings. The molecule has 3 rings (SSSR count). The van der Waals surface area contributed by atoms with E-state index < -0.39 is 158 Å². The second kappa shape index (κ2) is 22.1. The molecule has 13 N–H and O–H groups in total. The van der Waals surface area contributed by atoms with Crippen molar-refractivity contribution in [3.63, 3.8) is 0 Å². The number of aliphatic hydroxyl groups is 3. The fourth-order valence-corrected chi connectivity index (χ4v) is 6.55. The van der Waals surface area contributed by atoms with Gasteiger partial charge in [0, 0.05) is 20.3 Å². The van der Waals surface area contributed by atoms with Crippen LogP contribution >= 0.6 is 0 Å². The van der Waals surface area contributed by atoms with Crippen molar-refractivity contribution in [3.8, 4) is 0 Å². The third kappa shape index (κ3) is 13.7. The van der Waals surface area contributed by atoms with Gasteiger partial charge in [-0.25, -0.2) is 4.79 Å². The summed E-state index contributed by atoms with van der Waals surface area (Å²) in [5.41, 5.74) is 5.45. The van der Waals surface area contributed by atoms with E-state index in [2.05, 4.69) is 26.6 Å². The lowest BCUT2D eigenvalue weighted by Gasteiger charge is -2.47. The lowest BCUT2D eigenvalue weighted by Crippen LogP contribution is -2.68. The van der Waals surface area contributed by atoms with Gasteiger partial charge in [0.05, 0.1) is 13.2 Å². The van der Waals surface area contributed by atoms with Crippen LogP contribution in [0.3, 0.4) is 0 Å². The molecule has 0 aliphatic carbocycles. The molecule has 0 radical (unpaired) electrons. The van der Waals surface area contributed by atoms with Crippen LogP contribution in [0.2, 0.25) is 0 Å². The highest BCUT2D eigenvalue weighted by molar-refractivity contribution is 5.94. The van der Waals surface area contributed by atoms with Crippen LogP contribution in [-0.2, 0) is 62.0 Å². The number of fused-ring (bicyclic) bond motifs is 2. The molecule has 0 saturated carbocycles. The van der Waals surface area contributed by atoms with Gasteiger partial charge < -0.3 is 86.6 Å². The number of rotatable bonds is 22. The molecule has 3 aliphatic heterocycles. The van der Waals surface area contributed by atoms with Crippen LogP contribution in [0.4, 0.5) is 0 Å². The molecule has 3 saturated heterocycles. The van der Waals surface area contributed by atoms with Crippen molar-refractivity contribution in [2.24, 2.45) is 5.73 Å². The maximum absolute atomic E-state index is 13.5. The number of carboxylic acids is 3. The average molecular weight is 851 g/mol. The topological polar surface area (TPSA) is 390 Å². The van der Waals surface area contributed by atoms with Crippen LogP contribution < -0.4 is 32.3 Å². The van der Waals surface area contributed by atoms with Crippen molar-refractivity contribution in [2.45, 2.75) is 151 Å². The van der Waals surface area contributed by atoms with Crippen molar-refractivity contribution < 1.29 is 92.7 Å². The Kier molecular flexibility index (Phi) is 18.3. The van der Waals surface area contributed by atoms with E-state index in [1.54, 1.807) is 0 Å². The zero-order chi connectivity index (χ0) is 44.3. The molecule has 2 bridgehead atoms. The molecule has 0 aromatic rings. The summed E-state index contributed by atoms with van der Waals surface area (Å²) in [4.78, 5) is 98.3. The van der Waals surface area contributed by atoms with Crippen molar-refractivity contribution in [1.82, 2.24) is 26.6 Å². The standard InChI is InChI=1S/C34H54N6O19/c1-12(28(48)39-17(8-9-21(44)45)30(50)40-18(32(53)54)7-5-6-16(35)31(51)52)36-29(49)13(2)56-27-23(38-15(4)43)33-55-11-20(58-33)26(27)59-34-22(37-14(3)42)25(47)24(46)19(10-41)57-34/h12-13,16-20,22-27,33-34,41,46-47H,5-11,35H2,1-4H3,(H,36,49)(H,37,42)(H,38,43)(H,39,48)(H,40,50)(H,44,45)(H,51,52)(H,53,54)/t12-,13?,16+,17+,18-,19+,20+,22+,23+,24+,25+,26+,27+,33+,34-/m0/s1. The molecule has 1 unspecified atom stereocenters. The van der Waals surface area contributed by atoms with E-state index in [0.29, 0.717) is 0 Å². The highest BCUT2D eigenvalue weighted by Crippen LogP contribution is 2.35. The summed E-state index contributed by atoms with van der Waals surface area (Å²) >= 11 is 0. The fraction of sp³-hybridized carbons (Fsp3) is 0.765. The molecule has 3 fully saturated rings. The van der Waals surface area contributed by atoms with Crippen LogP contribution in [0.25, 0.3) is 0 Å². The van der Waals surface area contributed by atoms with Gasteiger partial charge in [-0.15, -0.1) is 0 Å². The number of hydrogen-bond acceptors (Lipinski definition) is 17. The summed E-state index contributed by atoms with van der Waals surface area (Å²) in [5, 5.41) is 70.8. The smallest absolute Gasteiger partial charge is 0.326 e. The minimum absolute atomic E-state index is 0.00969. The van der Waals surface area contributed by atoms with E-state index in [-0.39, 0.29) is 25.9 Å². The average Bonchev–Trinajstić information content (AvgIpc) is 3.60. The SMILES string of the molecule is CC(=O)N[C@H]1[C@H](O[C@H]2[C@H](OC(C)C(=O)N[C@@H](C)C(=O)N[C@H](CCC(=O)O)C(=O)N[C@@H](CCC[C@@H](N)C(=O)O)C(=O)O)[C@@H](NC(C)=O)[C@@H]3OC[C@H]2O3)O[C@H](CO)[C@@H](O)[C@@H]1O. The Balaban J connectivity index is 1.76. The third-order valence-electron chi connectivity index (χ3n) is 9.69. The van der Waals surface area contributed by atoms with E-state index in [9.17, 15) is 63.9 Å². The van der Waals surface area contributed by atoms with Crippen LogP contribution in [0.15, 0.2) is 0 Å². The van der Waals surface area contributed by atoms with E-state index in [1.165, 1.54) is 20.8 Å². The van der Waals surface area contributed by atoms with Gasteiger partial charge in [-0.2, -0.15) is 0 Å². The molecule has 59 heavy (non-hydrogen) atoms. The van der Waals surface area contributed by atoms with Gasteiger partial charge in [0.25, 0.3) is 0 Å². The highest BCUT2D eigenvalue weighted by atomic mass is 16.8. The normalized spacial score (nSPS) is 30.0. The molecule has 3 heterocycles. The van der Waals surface area contributed by atoms with Gasteiger partial charge >= 0.3 is 17.9 Å². The number of carbonyl (C=O) groups is 8. The first kappa shape index (κ1) is 48.8. The quantitative estimate of drug-likeness (QED) is 0.0483. The Bertz CT molecular complexity index is 1540. The van der Waals surface area contributed by atoms with E-state index in [0.717, 1.165) is 6.92 Å². The summed E-state index contributed by atoms with van der Waals surface area (Å²) in [6.07, 6.45) is -13.7. The molecule has 334 valence electrons. The molecule has 25 heteroatoms. The number of ether oxygens (including phenoxy) is 5. The maximum atomic E-state index is 13.5. The van der Waals surface area contributed by atoms with E-state index in [4.69, 9.17) is 34.5 Å². The monoisotopic (exact) mass is 850 g/mol. The van der Waals surface area contributed by atoms with Gasteiger partial charge in [0.1, 0.15) is 79.0 Å². The summed E-state index contributed by atoms with van der Waals surface area (Å²) in [7, 11) is 0. The Morgan fingerprint density at radius 1 is 0.763 bits per heavy atom. The summed E-state index contributed by atoms with van der Waals surface area (Å²) in [6.45, 7) is 3.98.